The molecule has 134 valence electrons. The molecule has 1 amide bonds. The van der Waals surface area contributed by atoms with Crippen molar-refractivity contribution in [1.82, 2.24) is 0 Å². The van der Waals surface area contributed by atoms with E-state index < -0.39 is 17.4 Å². The highest BCUT2D eigenvalue weighted by Gasteiger charge is 2.59. The first kappa shape index (κ1) is 16.7. The summed E-state index contributed by atoms with van der Waals surface area (Å²) in [5.41, 5.74) is 8.19. The summed E-state index contributed by atoms with van der Waals surface area (Å²) in [6.07, 6.45) is 2.41. The fourth-order valence-corrected chi connectivity index (χ4v) is 3.65. The van der Waals surface area contributed by atoms with Crippen LogP contribution in [0.4, 0.5) is 15.8 Å². The van der Waals surface area contributed by atoms with Crippen molar-refractivity contribution in [3.8, 4) is 0 Å². The molecule has 4 rings (SSSR count). The first-order chi connectivity index (χ1) is 12.4. The average molecular weight is 354 g/mol. The Kier molecular flexibility index (Phi) is 3.80. The summed E-state index contributed by atoms with van der Waals surface area (Å²) in [4.78, 5) is 25.4. The summed E-state index contributed by atoms with van der Waals surface area (Å²) in [5, 5.41) is 8.85. The Morgan fingerprint density at radius 2 is 1.92 bits per heavy atom. The third-order valence-corrected chi connectivity index (χ3v) is 5.33. The van der Waals surface area contributed by atoms with E-state index in [9.17, 15) is 14.0 Å². The van der Waals surface area contributed by atoms with Crippen molar-refractivity contribution in [2.75, 3.05) is 4.90 Å². The largest absolute Gasteiger partial charge is 0.480 e. The number of carbonyl (C=O) groups is 2. The molecule has 1 spiro atoms. The number of benzene rings is 2. The van der Waals surface area contributed by atoms with Gasteiger partial charge in [0, 0.05) is 5.69 Å². The molecule has 0 bridgehead atoms. The Hall–Kier alpha value is -2.73. The minimum absolute atomic E-state index is 0.00116. The third kappa shape index (κ3) is 2.57. The van der Waals surface area contributed by atoms with E-state index in [0.29, 0.717) is 12.8 Å². The molecule has 5 nitrogen and oxygen atoms in total. The van der Waals surface area contributed by atoms with Gasteiger partial charge in [0.1, 0.15) is 11.9 Å². The highest BCUT2D eigenvalue weighted by atomic mass is 19.1. The summed E-state index contributed by atoms with van der Waals surface area (Å²) in [6, 6.07) is 11.1. The van der Waals surface area contributed by atoms with Gasteiger partial charge in [-0.2, -0.15) is 0 Å². The van der Waals surface area contributed by atoms with Crippen LogP contribution in [-0.4, -0.2) is 23.0 Å². The zero-order valence-electron chi connectivity index (χ0n) is 14.1. The van der Waals surface area contributed by atoms with Crippen LogP contribution in [0.2, 0.25) is 0 Å². The fraction of sp³-hybridized carbons (Fsp3) is 0.300. The van der Waals surface area contributed by atoms with Gasteiger partial charge < -0.3 is 10.8 Å². The second-order valence-corrected chi connectivity index (χ2v) is 7.03. The second-order valence-electron chi connectivity index (χ2n) is 7.03. The van der Waals surface area contributed by atoms with Crippen LogP contribution in [0.3, 0.4) is 0 Å². The van der Waals surface area contributed by atoms with Gasteiger partial charge >= 0.3 is 5.97 Å². The number of fused-ring (bicyclic) bond motifs is 2. The smallest absolute Gasteiger partial charge is 0.320 e. The van der Waals surface area contributed by atoms with Crippen molar-refractivity contribution in [2.45, 2.75) is 37.1 Å². The van der Waals surface area contributed by atoms with Gasteiger partial charge in [0.25, 0.3) is 0 Å². The van der Waals surface area contributed by atoms with Gasteiger partial charge in [-0.05, 0) is 67.1 Å². The molecule has 2 aromatic carbocycles. The van der Waals surface area contributed by atoms with Gasteiger partial charge in [0.05, 0.1) is 11.1 Å². The van der Waals surface area contributed by atoms with Crippen molar-refractivity contribution < 1.29 is 19.1 Å². The molecule has 1 aliphatic carbocycles. The van der Waals surface area contributed by atoms with Crippen molar-refractivity contribution in [3.05, 3.63) is 59.4 Å². The number of hydrogen-bond donors (Lipinski definition) is 2. The van der Waals surface area contributed by atoms with E-state index in [0.717, 1.165) is 35.3 Å². The number of aryl methyl sites for hydroxylation is 1. The molecule has 0 aromatic heterocycles. The van der Waals surface area contributed by atoms with Crippen LogP contribution in [0.15, 0.2) is 42.5 Å². The predicted octanol–water partition coefficient (Wildman–Crippen LogP) is 2.88. The van der Waals surface area contributed by atoms with Crippen LogP contribution >= 0.6 is 0 Å². The van der Waals surface area contributed by atoms with Crippen molar-refractivity contribution in [1.29, 1.82) is 0 Å². The topological polar surface area (TPSA) is 83.6 Å². The van der Waals surface area contributed by atoms with E-state index >= 15 is 0 Å². The van der Waals surface area contributed by atoms with Crippen LogP contribution in [0.25, 0.3) is 0 Å². The normalized spacial score (nSPS) is 18.1. The summed E-state index contributed by atoms with van der Waals surface area (Å²) in [7, 11) is 0. The quantitative estimate of drug-likeness (QED) is 0.865. The maximum absolute atomic E-state index is 13.7. The molecule has 1 fully saturated rings. The zero-order chi connectivity index (χ0) is 18.5. The zero-order valence-corrected chi connectivity index (χ0v) is 14.1. The SMILES string of the molecule is N[C@@H](CCc1ccc(N2C(=O)C3(CC3)c3cc(F)ccc32)cc1)C(=O)O. The molecule has 1 heterocycles. The highest BCUT2D eigenvalue weighted by molar-refractivity contribution is 6.14. The Labute approximate surface area is 150 Å². The molecule has 0 saturated heterocycles. The number of rotatable bonds is 5. The molecule has 1 aliphatic heterocycles. The number of halogens is 1. The van der Waals surface area contributed by atoms with Crippen LogP contribution in [0, 0.1) is 5.82 Å². The lowest BCUT2D eigenvalue weighted by Gasteiger charge is -2.18. The summed E-state index contributed by atoms with van der Waals surface area (Å²) < 4.78 is 13.7. The standard InChI is InChI=1S/C20H19FN2O3/c21-13-4-8-17-15(11-13)20(9-10-20)19(26)23(17)14-5-1-12(2-6-14)3-7-16(22)18(24)25/h1-2,4-6,8,11,16H,3,7,9-10,22H2,(H,24,25)/t16-/m0/s1. The molecule has 6 heteroatoms. The van der Waals surface area contributed by atoms with Crippen molar-refractivity contribution in [3.63, 3.8) is 0 Å². The molecule has 2 aromatic rings. The van der Waals surface area contributed by atoms with Crippen LogP contribution in [-0.2, 0) is 21.4 Å². The highest BCUT2D eigenvalue weighted by Crippen LogP contribution is 2.58. The Bertz CT molecular complexity index is 890. The number of nitrogens with zero attached hydrogens (tertiary/aromatic N) is 1. The first-order valence-electron chi connectivity index (χ1n) is 8.64. The Balaban J connectivity index is 1.59. The lowest BCUT2D eigenvalue weighted by atomic mass is 9.98. The fourth-order valence-electron chi connectivity index (χ4n) is 3.65. The average Bonchev–Trinajstić information content (AvgIpc) is 3.39. The van der Waals surface area contributed by atoms with Gasteiger partial charge in [-0.3, -0.25) is 14.5 Å². The van der Waals surface area contributed by atoms with E-state index in [1.54, 1.807) is 11.0 Å². The number of amides is 1. The molecule has 2 aliphatic rings. The van der Waals surface area contributed by atoms with E-state index in [2.05, 4.69) is 0 Å². The minimum atomic E-state index is -1.01. The van der Waals surface area contributed by atoms with E-state index in [4.69, 9.17) is 10.8 Å². The van der Waals surface area contributed by atoms with E-state index in [-0.39, 0.29) is 11.7 Å². The lowest BCUT2D eigenvalue weighted by Crippen LogP contribution is -2.30. The number of carbonyl (C=O) groups excluding carboxylic acids is 1. The van der Waals surface area contributed by atoms with Gasteiger partial charge in [-0.25, -0.2) is 4.39 Å². The molecular weight excluding hydrogens is 335 g/mol. The van der Waals surface area contributed by atoms with Crippen molar-refractivity contribution >= 4 is 23.3 Å². The number of anilines is 2. The van der Waals surface area contributed by atoms with Gasteiger partial charge in [0.2, 0.25) is 5.91 Å². The predicted molar refractivity (Wildman–Crippen MR) is 94.8 cm³/mol. The Morgan fingerprint density at radius 1 is 1.23 bits per heavy atom. The molecule has 0 unspecified atom stereocenters. The molecule has 0 radical (unpaired) electrons. The van der Waals surface area contributed by atoms with Crippen molar-refractivity contribution in [2.24, 2.45) is 5.73 Å². The monoisotopic (exact) mass is 354 g/mol. The number of aliphatic carboxylic acids is 1. The second kappa shape index (κ2) is 5.92. The summed E-state index contributed by atoms with van der Waals surface area (Å²) >= 11 is 0. The summed E-state index contributed by atoms with van der Waals surface area (Å²) in [5.74, 6) is -1.34. The van der Waals surface area contributed by atoms with Crippen LogP contribution in [0.1, 0.15) is 30.4 Å². The van der Waals surface area contributed by atoms with Crippen LogP contribution in [0.5, 0.6) is 0 Å². The molecule has 1 atom stereocenters. The number of hydrogen-bond acceptors (Lipinski definition) is 3. The number of carboxylic acids is 1. The summed E-state index contributed by atoms with van der Waals surface area (Å²) in [6.45, 7) is 0. The minimum Gasteiger partial charge on any atom is -0.480 e. The lowest BCUT2D eigenvalue weighted by molar-refractivity contribution is -0.138. The molecule has 3 N–H and O–H groups in total. The van der Waals surface area contributed by atoms with E-state index in [1.807, 2.05) is 24.3 Å². The van der Waals surface area contributed by atoms with Crippen LogP contribution < -0.4 is 10.6 Å². The number of carboxylic acid groups (broad SMARTS) is 1. The van der Waals surface area contributed by atoms with Gasteiger partial charge in [-0.1, -0.05) is 12.1 Å². The molecule has 1 saturated carbocycles. The molecular formula is C20H19FN2O3. The van der Waals surface area contributed by atoms with E-state index in [1.165, 1.54) is 12.1 Å². The van der Waals surface area contributed by atoms with Gasteiger partial charge in [0.15, 0.2) is 0 Å². The first-order valence-corrected chi connectivity index (χ1v) is 8.64. The van der Waals surface area contributed by atoms with Gasteiger partial charge in [-0.15, -0.1) is 0 Å². The maximum Gasteiger partial charge on any atom is 0.320 e. The molecule has 26 heavy (non-hydrogen) atoms. The Morgan fingerprint density at radius 3 is 2.54 bits per heavy atom. The third-order valence-electron chi connectivity index (χ3n) is 5.33. The maximum atomic E-state index is 13.7. The number of nitrogens with two attached hydrogens (primary N) is 1.